The molecule has 0 saturated carbocycles. The molecule has 1 amide bonds. The monoisotopic (exact) mass is 310 g/mol. The predicted octanol–water partition coefficient (Wildman–Crippen LogP) is 2.88. The average molecular weight is 311 g/mol. The van der Waals surface area contributed by atoms with Crippen molar-refractivity contribution in [2.75, 3.05) is 6.54 Å². The Hall–Kier alpha value is -1.20. The number of carbonyl (C=O) groups is 1. The normalized spacial score (nSPS) is 10.2. The molecule has 0 aliphatic heterocycles. The van der Waals surface area contributed by atoms with Gasteiger partial charge in [0.05, 0.1) is 0 Å². The summed E-state index contributed by atoms with van der Waals surface area (Å²) in [4.78, 5) is 17.0. The molecular weight excluding hydrogens is 300 g/mol. The molecule has 2 aromatic heterocycles. The van der Waals surface area contributed by atoms with Crippen molar-refractivity contribution in [1.82, 2.24) is 10.3 Å². The lowest BCUT2D eigenvalue weighted by Gasteiger charge is -2.04. The fourth-order valence-electron chi connectivity index (χ4n) is 1.40. The Labute approximate surface area is 112 Å². The lowest BCUT2D eigenvalue weighted by atomic mass is 10.2. The second-order valence-electron chi connectivity index (χ2n) is 3.45. The van der Waals surface area contributed by atoms with Crippen LogP contribution in [0.4, 0.5) is 0 Å². The molecule has 2 aromatic rings. The maximum absolute atomic E-state index is 11.8. The number of nitrogens with zero attached hydrogens (tertiary/aromatic N) is 1. The number of halogens is 1. The van der Waals surface area contributed by atoms with E-state index in [-0.39, 0.29) is 5.91 Å². The third-order valence-electron chi connectivity index (χ3n) is 2.23. The Morgan fingerprint density at radius 3 is 3.06 bits per heavy atom. The summed E-state index contributed by atoms with van der Waals surface area (Å²) in [5, 5.41) is 4.92. The van der Waals surface area contributed by atoms with Crippen LogP contribution in [0.25, 0.3) is 0 Å². The molecule has 2 rings (SSSR count). The molecule has 0 fully saturated rings. The zero-order chi connectivity index (χ0) is 12.1. The van der Waals surface area contributed by atoms with Crippen LogP contribution in [0.3, 0.4) is 0 Å². The molecule has 0 aliphatic carbocycles. The van der Waals surface area contributed by atoms with Crippen LogP contribution in [0.15, 0.2) is 40.4 Å². The van der Waals surface area contributed by atoms with E-state index in [0.29, 0.717) is 16.7 Å². The Balaban J connectivity index is 1.85. The van der Waals surface area contributed by atoms with E-state index < -0.39 is 0 Å². The molecule has 0 aromatic carbocycles. The minimum atomic E-state index is -0.0651. The predicted molar refractivity (Wildman–Crippen MR) is 72.3 cm³/mol. The van der Waals surface area contributed by atoms with Crippen LogP contribution < -0.4 is 5.32 Å². The first kappa shape index (κ1) is 12.3. The fourth-order valence-corrected chi connectivity index (χ4v) is 2.47. The number of carbonyl (C=O) groups excluding carboxylic acids is 1. The van der Waals surface area contributed by atoms with Crippen LogP contribution in [-0.2, 0) is 6.42 Å². The van der Waals surface area contributed by atoms with Crippen molar-refractivity contribution in [3.8, 4) is 0 Å². The van der Waals surface area contributed by atoms with Crippen molar-refractivity contribution in [2.24, 2.45) is 0 Å². The van der Waals surface area contributed by atoms with Gasteiger partial charge in [-0.05, 0) is 45.9 Å². The fraction of sp³-hybridized carbons (Fsp3) is 0.167. The van der Waals surface area contributed by atoms with Crippen LogP contribution in [0.5, 0.6) is 0 Å². The summed E-state index contributed by atoms with van der Waals surface area (Å²) in [5.41, 5.74) is 0.623. The van der Waals surface area contributed by atoms with Gasteiger partial charge in [-0.15, -0.1) is 11.3 Å². The van der Waals surface area contributed by atoms with Gasteiger partial charge < -0.3 is 5.32 Å². The first-order valence-electron chi connectivity index (χ1n) is 5.18. The van der Waals surface area contributed by atoms with Crippen molar-refractivity contribution >= 4 is 33.2 Å². The lowest BCUT2D eigenvalue weighted by Crippen LogP contribution is -2.25. The van der Waals surface area contributed by atoms with Crippen molar-refractivity contribution < 1.29 is 4.79 Å². The molecule has 0 bridgehead atoms. The van der Waals surface area contributed by atoms with E-state index in [1.807, 2.05) is 11.4 Å². The van der Waals surface area contributed by atoms with E-state index in [0.717, 1.165) is 6.42 Å². The maximum Gasteiger partial charge on any atom is 0.251 e. The molecule has 0 spiro atoms. The van der Waals surface area contributed by atoms with Crippen molar-refractivity contribution in [3.05, 3.63) is 50.9 Å². The number of pyridine rings is 1. The number of amides is 1. The summed E-state index contributed by atoms with van der Waals surface area (Å²) < 4.78 is 0.670. The Kier molecular flexibility index (Phi) is 4.28. The Morgan fingerprint density at radius 1 is 1.47 bits per heavy atom. The van der Waals surface area contributed by atoms with E-state index in [1.54, 1.807) is 29.7 Å². The van der Waals surface area contributed by atoms with Gasteiger partial charge in [0, 0.05) is 23.2 Å². The molecule has 88 valence electrons. The first-order chi connectivity index (χ1) is 8.25. The highest BCUT2D eigenvalue weighted by atomic mass is 79.9. The molecule has 2 heterocycles. The smallest absolute Gasteiger partial charge is 0.251 e. The number of nitrogens with one attached hydrogen (secondary N) is 1. The molecule has 1 N–H and O–H groups in total. The van der Waals surface area contributed by atoms with Crippen molar-refractivity contribution in [3.63, 3.8) is 0 Å². The molecule has 0 radical (unpaired) electrons. The summed E-state index contributed by atoms with van der Waals surface area (Å²) in [6.07, 6.45) is 2.48. The Bertz CT molecular complexity index is 499. The highest BCUT2D eigenvalue weighted by Crippen LogP contribution is 2.09. The van der Waals surface area contributed by atoms with E-state index in [9.17, 15) is 4.79 Å². The Morgan fingerprint density at radius 2 is 2.35 bits per heavy atom. The van der Waals surface area contributed by atoms with Gasteiger partial charge in [-0.1, -0.05) is 6.07 Å². The molecule has 3 nitrogen and oxygen atoms in total. The van der Waals surface area contributed by atoms with E-state index >= 15 is 0 Å². The second-order valence-corrected chi connectivity index (χ2v) is 5.30. The summed E-state index contributed by atoms with van der Waals surface area (Å²) in [6, 6.07) is 7.49. The number of hydrogen-bond acceptors (Lipinski definition) is 3. The first-order valence-corrected chi connectivity index (χ1v) is 6.85. The summed E-state index contributed by atoms with van der Waals surface area (Å²) in [7, 11) is 0. The maximum atomic E-state index is 11.8. The third kappa shape index (κ3) is 3.64. The minimum Gasteiger partial charge on any atom is -0.352 e. The largest absolute Gasteiger partial charge is 0.352 e. The highest BCUT2D eigenvalue weighted by molar-refractivity contribution is 9.10. The van der Waals surface area contributed by atoms with E-state index in [1.165, 1.54) is 4.88 Å². The zero-order valence-electron chi connectivity index (χ0n) is 9.02. The SMILES string of the molecule is O=C(NCCc1cccs1)c1ccnc(Br)c1. The molecule has 5 heteroatoms. The average Bonchev–Trinajstić information content (AvgIpc) is 2.82. The van der Waals surface area contributed by atoms with Gasteiger partial charge >= 0.3 is 0 Å². The molecule has 0 unspecified atom stereocenters. The van der Waals surface area contributed by atoms with E-state index in [4.69, 9.17) is 0 Å². The molecule has 17 heavy (non-hydrogen) atoms. The molecule has 0 saturated heterocycles. The van der Waals surface area contributed by atoms with Gasteiger partial charge in [0.15, 0.2) is 0 Å². The minimum absolute atomic E-state index is 0.0651. The van der Waals surface area contributed by atoms with Crippen LogP contribution in [0.2, 0.25) is 0 Å². The number of hydrogen-bond donors (Lipinski definition) is 1. The van der Waals surface area contributed by atoms with Gasteiger partial charge in [-0.2, -0.15) is 0 Å². The van der Waals surface area contributed by atoms with Gasteiger partial charge in [0.25, 0.3) is 5.91 Å². The zero-order valence-corrected chi connectivity index (χ0v) is 11.4. The van der Waals surface area contributed by atoms with Crippen molar-refractivity contribution in [2.45, 2.75) is 6.42 Å². The third-order valence-corrected chi connectivity index (χ3v) is 3.60. The van der Waals surface area contributed by atoms with Gasteiger partial charge in [0.2, 0.25) is 0 Å². The second kappa shape index (κ2) is 5.93. The number of thiophene rings is 1. The standard InChI is InChI=1S/C12H11BrN2OS/c13-11-8-9(3-5-14-11)12(16)15-6-4-10-2-1-7-17-10/h1-3,5,7-8H,4,6H2,(H,15,16). The quantitative estimate of drug-likeness (QED) is 0.882. The van der Waals surface area contributed by atoms with E-state index in [2.05, 4.69) is 32.3 Å². The van der Waals surface area contributed by atoms with Crippen molar-refractivity contribution in [1.29, 1.82) is 0 Å². The van der Waals surface area contributed by atoms with Crippen LogP contribution in [0, 0.1) is 0 Å². The molecular formula is C12H11BrN2OS. The number of aromatic nitrogens is 1. The summed E-state index contributed by atoms with van der Waals surface area (Å²) in [5.74, 6) is -0.0651. The van der Waals surface area contributed by atoms with Gasteiger partial charge in [-0.25, -0.2) is 4.98 Å². The van der Waals surface area contributed by atoms with Gasteiger partial charge in [0.1, 0.15) is 4.60 Å². The molecule has 0 atom stereocenters. The number of rotatable bonds is 4. The lowest BCUT2D eigenvalue weighted by molar-refractivity contribution is 0.0954. The molecule has 0 aliphatic rings. The summed E-state index contributed by atoms with van der Waals surface area (Å²) >= 11 is 4.94. The topological polar surface area (TPSA) is 42.0 Å². The van der Waals surface area contributed by atoms with Crippen LogP contribution >= 0.6 is 27.3 Å². The van der Waals surface area contributed by atoms with Gasteiger partial charge in [-0.3, -0.25) is 4.79 Å². The van der Waals surface area contributed by atoms with Crippen LogP contribution in [-0.4, -0.2) is 17.4 Å². The van der Waals surface area contributed by atoms with Crippen LogP contribution in [0.1, 0.15) is 15.2 Å². The summed E-state index contributed by atoms with van der Waals surface area (Å²) in [6.45, 7) is 0.652. The highest BCUT2D eigenvalue weighted by Gasteiger charge is 2.05.